The summed E-state index contributed by atoms with van der Waals surface area (Å²) >= 11 is 1.40. The molecule has 0 bridgehead atoms. The summed E-state index contributed by atoms with van der Waals surface area (Å²) in [5.41, 5.74) is 2.76. The predicted octanol–water partition coefficient (Wildman–Crippen LogP) is 4.06. The summed E-state index contributed by atoms with van der Waals surface area (Å²) < 4.78 is 6.25. The molecule has 1 amide bonds. The van der Waals surface area contributed by atoms with Crippen molar-refractivity contribution in [2.24, 2.45) is 0 Å². The van der Waals surface area contributed by atoms with E-state index >= 15 is 0 Å². The van der Waals surface area contributed by atoms with Gasteiger partial charge in [-0.15, -0.1) is 0 Å². The van der Waals surface area contributed by atoms with Gasteiger partial charge in [0.05, 0.1) is 21.9 Å². The molecular formula is C18H19N3O3S. The summed E-state index contributed by atoms with van der Waals surface area (Å²) in [7, 11) is 0. The van der Waals surface area contributed by atoms with Crippen molar-refractivity contribution in [3.8, 4) is 0 Å². The number of hydrogen-bond donors (Lipinski definition) is 2. The summed E-state index contributed by atoms with van der Waals surface area (Å²) in [6.45, 7) is 7.05. The average molecular weight is 357 g/mol. The van der Waals surface area contributed by atoms with Crippen LogP contribution in [0.15, 0.2) is 24.3 Å². The molecule has 0 radical (unpaired) electrons. The third-order valence-electron chi connectivity index (χ3n) is 3.73. The highest BCUT2D eigenvalue weighted by atomic mass is 32.1. The average Bonchev–Trinajstić information content (AvgIpc) is 3.06. The molecule has 3 aromatic rings. The number of esters is 1. The van der Waals surface area contributed by atoms with Gasteiger partial charge in [0.25, 0.3) is 5.91 Å². The number of thiazole rings is 1. The van der Waals surface area contributed by atoms with Crippen molar-refractivity contribution in [2.75, 3.05) is 5.32 Å². The fraction of sp³-hybridized carbons (Fsp3) is 0.278. The number of ether oxygens (including phenoxy) is 1. The molecule has 0 atom stereocenters. The quantitative estimate of drug-likeness (QED) is 0.690. The molecule has 7 heteroatoms. The number of carbonyl (C=O) groups is 2. The van der Waals surface area contributed by atoms with Gasteiger partial charge in [0.15, 0.2) is 5.13 Å². The van der Waals surface area contributed by atoms with Crippen LogP contribution in [0.4, 0.5) is 5.13 Å². The third-order valence-corrected chi connectivity index (χ3v) is 4.68. The minimum Gasteiger partial charge on any atom is -0.459 e. The number of nitrogens with one attached hydrogen (secondary N) is 2. The zero-order valence-corrected chi connectivity index (χ0v) is 15.3. The number of fused-ring (bicyclic) bond motifs is 1. The Morgan fingerprint density at radius 1 is 1.24 bits per heavy atom. The molecule has 0 aliphatic heterocycles. The molecule has 3 rings (SSSR count). The van der Waals surface area contributed by atoms with Crippen LogP contribution in [0.1, 0.15) is 46.0 Å². The molecule has 0 aliphatic carbocycles. The number of carbonyl (C=O) groups excluding carboxylic acids is 2. The topological polar surface area (TPSA) is 84.1 Å². The first-order valence-corrected chi connectivity index (χ1v) is 8.75. The lowest BCUT2D eigenvalue weighted by Gasteiger charge is -2.08. The van der Waals surface area contributed by atoms with Gasteiger partial charge >= 0.3 is 5.97 Å². The number of amides is 1. The minimum atomic E-state index is -0.430. The number of benzene rings is 1. The summed E-state index contributed by atoms with van der Waals surface area (Å²) in [6.07, 6.45) is -0.221. The molecule has 0 saturated heterocycles. The van der Waals surface area contributed by atoms with Gasteiger partial charge in [-0.3, -0.25) is 10.1 Å². The number of para-hydroxylation sites is 1. The van der Waals surface area contributed by atoms with Crippen molar-refractivity contribution in [3.05, 3.63) is 46.8 Å². The molecule has 2 N–H and O–H groups in total. The summed E-state index contributed by atoms with van der Waals surface area (Å²) in [5, 5.41) is 3.31. The molecule has 1 aromatic carbocycles. The Morgan fingerprint density at radius 3 is 2.64 bits per heavy atom. The molecular weight excluding hydrogens is 338 g/mol. The molecule has 25 heavy (non-hydrogen) atoms. The SMILES string of the molecule is Cc1[nH]c(C(=O)Nc2nc3ccccc3s2)c(C)c1C(=O)OC(C)C. The van der Waals surface area contributed by atoms with Crippen molar-refractivity contribution in [2.45, 2.75) is 33.8 Å². The van der Waals surface area contributed by atoms with Crippen LogP contribution in [0.3, 0.4) is 0 Å². The second-order valence-corrected chi connectivity index (χ2v) is 7.05. The van der Waals surface area contributed by atoms with Crippen LogP contribution in [0.25, 0.3) is 10.2 Å². The first-order valence-electron chi connectivity index (χ1n) is 7.94. The number of hydrogen-bond acceptors (Lipinski definition) is 5. The Labute approximate surface area is 149 Å². The van der Waals surface area contributed by atoms with Crippen LogP contribution >= 0.6 is 11.3 Å². The molecule has 0 saturated carbocycles. The Bertz CT molecular complexity index is 923. The van der Waals surface area contributed by atoms with Crippen molar-refractivity contribution in [1.29, 1.82) is 0 Å². The highest BCUT2D eigenvalue weighted by molar-refractivity contribution is 7.22. The van der Waals surface area contributed by atoms with Crippen LogP contribution in [0, 0.1) is 13.8 Å². The second kappa shape index (κ2) is 6.68. The molecule has 0 spiro atoms. The maximum absolute atomic E-state index is 12.6. The number of aromatic nitrogens is 2. The van der Waals surface area contributed by atoms with Gasteiger partial charge in [-0.25, -0.2) is 9.78 Å². The van der Waals surface area contributed by atoms with E-state index in [0.717, 1.165) is 10.2 Å². The monoisotopic (exact) mass is 357 g/mol. The number of H-pyrrole nitrogens is 1. The first-order chi connectivity index (χ1) is 11.9. The maximum Gasteiger partial charge on any atom is 0.340 e. The summed E-state index contributed by atoms with van der Waals surface area (Å²) in [5.74, 6) is -0.761. The number of aromatic amines is 1. The normalized spacial score (nSPS) is 11.1. The van der Waals surface area contributed by atoms with Gasteiger partial charge in [0.1, 0.15) is 5.69 Å². The number of nitrogens with zero attached hydrogens (tertiary/aromatic N) is 1. The summed E-state index contributed by atoms with van der Waals surface area (Å²) in [4.78, 5) is 32.2. The van der Waals surface area contributed by atoms with Gasteiger partial charge < -0.3 is 9.72 Å². The van der Waals surface area contributed by atoms with Crippen LogP contribution in [-0.2, 0) is 4.74 Å². The lowest BCUT2D eigenvalue weighted by atomic mass is 10.1. The van der Waals surface area contributed by atoms with E-state index in [0.29, 0.717) is 27.6 Å². The van der Waals surface area contributed by atoms with Crippen molar-refractivity contribution < 1.29 is 14.3 Å². The highest BCUT2D eigenvalue weighted by Crippen LogP contribution is 2.26. The molecule has 2 heterocycles. The number of anilines is 1. The number of rotatable bonds is 4. The predicted molar refractivity (Wildman–Crippen MR) is 98.4 cm³/mol. The van der Waals surface area contributed by atoms with Gasteiger partial charge in [-0.05, 0) is 45.4 Å². The molecule has 0 fully saturated rings. The second-order valence-electron chi connectivity index (χ2n) is 6.02. The van der Waals surface area contributed by atoms with E-state index in [2.05, 4.69) is 15.3 Å². The molecule has 6 nitrogen and oxygen atoms in total. The molecule has 0 unspecified atom stereocenters. The molecule has 2 aromatic heterocycles. The van der Waals surface area contributed by atoms with Gasteiger partial charge in [0.2, 0.25) is 0 Å². The smallest absolute Gasteiger partial charge is 0.340 e. The fourth-order valence-electron chi connectivity index (χ4n) is 2.64. The Balaban J connectivity index is 1.86. The Kier molecular flexibility index (Phi) is 4.59. The van der Waals surface area contributed by atoms with Crippen LogP contribution in [0.2, 0.25) is 0 Å². The van der Waals surface area contributed by atoms with Crippen LogP contribution in [-0.4, -0.2) is 27.9 Å². The van der Waals surface area contributed by atoms with E-state index in [4.69, 9.17) is 4.74 Å². The van der Waals surface area contributed by atoms with Gasteiger partial charge in [0, 0.05) is 5.69 Å². The lowest BCUT2D eigenvalue weighted by molar-refractivity contribution is 0.0376. The van der Waals surface area contributed by atoms with E-state index in [1.54, 1.807) is 27.7 Å². The standard InChI is InChI=1S/C18H19N3O3S/c1-9(2)24-17(23)14-10(3)15(19-11(14)4)16(22)21-18-20-12-7-5-6-8-13(12)25-18/h5-9,19H,1-4H3,(H,20,21,22). The number of aryl methyl sites for hydroxylation is 1. The molecule has 0 aliphatic rings. The van der Waals surface area contributed by atoms with E-state index in [1.807, 2.05) is 24.3 Å². The lowest BCUT2D eigenvalue weighted by Crippen LogP contribution is -2.15. The van der Waals surface area contributed by atoms with E-state index in [9.17, 15) is 9.59 Å². The maximum atomic E-state index is 12.6. The van der Waals surface area contributed by atoms with Crippen molar-refractivity contribution >= 4 is 38.6 Å². The van der Waals surface area contributed by atoms with Crippen molar-refractivity contribution in [1.82, 2.24) is 9.97 Å². The Morgan fingerprint density at radius 2 is 1.96 bits per heavy atom. The first kappa shape index (κ1) is 17.2. The van der Waals surface area contributed by atoms with Gasteiger partial charge in [-0.1, -0.05) is 23.5 Å². The zero-order chi connectivity index (χ0) is 18.1. The molecule has 130 valence electrons. The van der Waals surface area contributed by atoms with E-state index < -0.39 is 5.97 Å². The Hall–Kier alpha value is -2.67. The van der Waals surface area contributed by atoms with Gasteiger partial charge in [-0.2, -0.15) is 0 Å². The van der Waals surface area contributed by atoms with Crippen LogP contribution in [0.5, 0.6) is 0 Å². The minimum absolute atomic E-state index is 0.221. The zero-order valence-electron chi connectivity index (χ0n) is 14.5. The largest absolute Gasteiger partial charge is 0.459 e. The summed E-state index contributed by atoms with van der Waals surface area (Å²) in [6, 6.07) is 7.67. The fourth-order valence-corrected chi connectivity index (χ4v) is 3.50. The van der Waals surface area contributed by atoms with E-state index in [-0.39, 0.29) is 12.0 Å². The highest BCUT2D eigenvalue weighted by Gasteiger charge is 2.24. The third kappa shape index (κ3) is 3.41. The van der Waals surface area contributed by atoms with Crippen LogP contribution < -0.4 is 5.32 Å². The van der Waals surface area contributed by atoms with E-state index in [1.165, 1.54) is 11.3 Å². The van der Waals surface area contributed by atoms with Crippen molar-refractivity contribution in [3.63, 3.8) is 0 Å².